The van der Waals surface area contributed by atoms with Gasteiger partial charge in [0.2, 0.25) is 5.82 Å². The van der Waals surface area contributed by atoms with Crippen molar-refractivity contribution < 1.29 is 14.1 Å². The molecular formula is C12H13FN2O3. The van der Waals surface area contributed by atoms with Crippen LogP contribution in [-0.2, 0) is 0 Å². The molecule has 1 aliphatic heterocycles. The Bertz CT molecular complexity index is 504. The summed E-state index contributed by atoms with van der Waals surface area (Å²) in [7, 11) is 0. The summed E-state index contributed by atoms with van der Waals surface area (Å²) < 4.78 is 13.4. The molecule has 5 nitrogen and oxygen atoms in total. The van der Waals surface area contributed by atoms with Gasteiger partial charge in [0.05, 0.1) is 4.92 Å². The van der Waals surface area contributed by atoms with E-state index in [1.807, 2.05) is 6.92 Å². The maximum atomic E-state index is 13.4. The van der Waals surface area contributed by atoms with Crippen molar-refractivity contribution in [2.45, 2.75) is 13.3 Å². The molecule has 1 aliphatic rings. The highest BCUT2D eigenvalue weighted by Crippen LogP contribution is 2.21. The normalized spacial score (nSPS) is 19.0. The van der Waals surface area contributed by atoms with Crippen molar-refractivity contribution in [1.29, 1.82) is 0 Å². The van der Waals surface area contributed by atoms with Gasteiger partial charge in [-0.25, -0.2) is 0 Å². The number of carbonyl (C=O) groups excluding carboxylic acids is 1. The highest BCUT2D eigenvalue weighted by molar-refractivity contribution is 5.94. The fourth-order valence-electron chi connectivity index (χ4n) is 2.09. The summed E-state index contributed by atoms with van der Waals surface area (Å²) >= 11 is 0. The molecule has 0 aromatic heterocycles. The molecule has 0 radical (unpaired) electrons. The van der Waals surface area contributed by atoms with Crippen molar-refractivity contribution >= 4 is 11.6 Å². The molecule has 0 aliphatic carbocycles. The zero-order valence-corrected chi connectivity index (χ0v) is 9.93. The molecule has 1 unspecified atom stereocenters. The first-order valence-corrected chi connectivity index (χ1v) is 5.72. The summed E-state index contributed by atoms with van der Waals surface area (Å²) in [6.45, 7) is 3.35. The standard InChI is InChI=1S/C12H13FN2O3/c1-8-4-5-14(7-8)12(16)9-2-3-11(15(17)18)10(13)6-9/h2-3,6,8H,4-5,7H2,1H3. The Balaban J connectivity index is 2.21. The molecule has 1 fully saturated rings. The molecule has 0 bridgehead atoms. The Hall–Kier alpha value is -1.98. The monoisotopic (exact) mass is 252 g/mol. The number of halogens is 1. The van der Waals surface area contributed by atoms with Gasteiger partial charge in [0.1, 0.15) is 0 Å². The number of hydrogen-bond donors (Lipinski definition) is 0. The van der Waals surface area contributed by atoms with E-state index < -0.39 is 16.4 Å². The lowest BCUT2D eigenvalue weighted by Crippen LogP contribution is -2.28. The molecular weight excluding hydrogens is 239 g/mol. The van der Waals surface area contributed by atoms with Crippen LogP contribution in [0.1, 0.15) is 23.7 Å². The summed E-state index contributed by atoms with van der Waals surface area (Å²) in [5.74, 6) is -0.803. The molecule has 1 heterocycles. The van der Waals surface area contributed by atoms with Crippen molar-refractivity contribution in [2.24, 2.45) is 5.92 Å². The van der Waals surface area contributed by atoms with Crippen LogP contribution in [-0.4, -0.2) is 28.8 Å². The van der Waals surface area contributed by atoms with E-state index in [-0.39, 0.29) is 11.5 Å². The van der Waals surface area contributed by atoms with Crippen molar-refractivity contribution in [1.82, 2.24) is 4.90 Å². The number of amides is 1. The molecule has 0 spiro atoms. The minimum absolute atomic E-state index is 0.159. The number of likely N-dealkylation sites (tertiary alicyclic amines) is 1. The van der Waals surface area contributed by atoms with Crippen LogP contribution in [0.3, 0.4) is 0 Å². The van der Waals surface area contributed by atoms with Crippen molar-refractivity contribution in [3.63, 3.8) is 0 Å². The van der Waals surface area contributed by atoms with E-state index in [1.165, 1.54) is 6.07 Å². The SMILES string of the molecule is CC1CCN(C(=O)c2ccc([N+](=O)[O-])c(F)c2)C1. The Morgan fingerprint density at radius 3 is 2.78 bits per heavy atom. The summed E-state index contributed by atoms with van der Waals surface area (Å²) in [5, 5.41) is 10.5. The average Bonchev–Trinajstić information content (AvgIpc) is 2.74. The molecule has 2 rings (SSSR count). The van der Waals surface area contributed by atoms with E-state index in [1.54, 1.807) is 4.90 Å². The Kier molecular flexibility index (Phi) is 3.27. The van der Waals surface area contributed by atoms with Crippen LogP contribution in [0.2, 0.25) is 0 Å². The topological polar surface area (TPSA) is 63.5 Å². The lowest BCUT2D eigenvalue weighted by atomic mass is 10.1. The van der Waals surface area contributed by atoms with E-state index >= 15 is 0 Å². The predicted molar refractivity (Wildman–Crippen MR) is 62.7 cm³/mol. The van der Waals surface area contributed by atoms with Crippen molar-refractivity contribution in [2.75, 3.05) is 13.1 Å². The molecule has 6 heteroatoms. The van der Waals surface area contributed by atoms with Crippen LogP contribution in [0.5, 0.6) is 0 Å². The number of hydrogen-bond acceptors (Lipinski definition) is 3. The number of nitro groups is 1. The third kappa shape index (κ3) is 2.32. The third-order valence-corrected chi connectivity index (χ3v) is 3.10. The molecule has 0 N–H and O–H groups in total. The Labute approximate surface area is 103 Å². The maximum absolute atomic E-state index is 13.4. The van der Waals surface area contributed by atoms with Crippen LogP contribution in [0.25, 0.3) is 0 Å². The summed E-state index contributed by atoms with van der Waals surface area (Å²) in [6, 6.07) is 3.26. The van der Waals surface area contributed by atoms with Gasteiger partial charge in [0.25, 0.3) is 5.91 Å². The molecule has 1 aromatic rings. The first kappa shape index (κ1) is 12.5. The second-order valence-corrected chi connectivity index (χ2v) is 4.57. The van der Waals surface area contributed by atoms with Crippen molar-refractivity contribution in [3.05, 3.63) is 39.7 Å². The smallest absolute Gasteiger partial charge is 0.304 e. The van der Waals surface area contributed by atoms with Gasteiger partial charge in [-0.05, 0) is 24.5 Å². The van der Waals surface area contributed by atoms with Crippen LogP contribution in [0.15, 0.2) is 18.2 Å². The lowest BCUT2D eigenvalue weighted by molar-refractivity contribution is -0.387. The number of carbonyl (C=O) groups is 1. The van der Waals surface area contributed by atoms with E-state index in [2.05, 4.69) is 0 Å². The van der Waals surface area contributed by atoms with Crippen molar-refractivity contribution in [3.8, 4) is 0 Å². The van der Waals surface area contributed by atoms with Gasteiger partial charge >= 0.3 is 5.69 Å². The molecule has 1 aromatic carbocycles. The summed E-state index contributed by atoms with van der Waals surface area (Å²) in [6.07, 6.45) is 0.932. The second-order valence-electron chi connectivity index (χ2n) is 4.57. The fourth-order valence-corrected chi connectivity index (χ4v) is 2.09. The lowest BCUT2D eigenvalue weighted by Gasteiger charge is -2.15. The van der Waals surface area contributed by atoms with Gasteiger partial charge in [-0.15, -0.1) is 0 Å². The third-order valence-electron chi connectivity index (χ3n) is 3.10. The highest BCUT2D eigenvalue weighted by atomic mass is 19.1. The molecule has 1 atom stereocenters. The van der Waals surface area contributed by atoms with Crippen LogP contribution in [0.4, 0.5) is 10.1 Å². The van der Waals surface area contributed by atoms with Crippen LogP contribution in [0, 0.1) is 21.8 Å². The van der Waals surface area contributed by atoms with Gasteiger partial charge in [-0.3, -0.25) is 14.9 Å². The average molecular weight is 252 g/mol. The zero-order valence-electron chi connectivity index (χ0n) is 9.93. The first-order chi connectivity index (χ1) is 8.49. The molecule has 0 saturated carbocycles. The minimum Gasteiger partial charge on any atom is -0.338 e. The second kappa shape index (κ2) is 4.72. The Morgan fingerprint density at radius 2 is 2.28 bits per heavy atom. The fraction of sp³-hybridized carbons (Fsp3) is 0.417. The van der Waals surface area contributed by atoms with E-state index in [0.29, 0.717) is 19.0 Å². The van der Waals surface area contributed by atoms with Gasteiger partial charge in [-0.1, -0.05) is 6.92 Å². The molecule has 1 saturated heterocycles. The zero-order chi connectivity index (χ0) is 13.3. The number of nitrogens with zero attached hydrogens (tertiary/aromatic N) is 2. The summed E-state index contributed by atoms with van der Waals surface area (Å²) in [5.41, 5.74) is -0.450. The van der Waals surface area contributed by atoms with E-state index in [9.17, 15) is 19.3 Å². The van der Waals surface area contributed by atoms with Gasteiger partial charge in [0, 0.05) is 24.7 Å². The molecule has 18 heavy (non-hydrogen) atoms. The largest absolute Gasteiger partial charge is 0.338 e. The van der Waals surface area contributed by atoms with Gasteiger partial charge < -0.3 is 4.90 Å². The maximum Gasteiger partial charge on any atom is 0.304 e. The van der Waals surface area contributed by atoms with Gasteiger partial charge in [0.15, 0.2) is 0 Å². The summed E-state index contributed by atoms with van der Waals surface area (Å²) in [4.78, 5) is 23.3. The van der Waals surface area contributed by atoms with E-state index in [0.717, 1.165) is 18.6 Å². The quantitative estimate of drug-likeness (QED) is 0.598. The molecule has 1 amide bonds. The van der Waals surface area contributed by atoms with Gasteiger partial charge in [-0.2, -0.15) is 4.39 Å². The minimum atomic E-state index is -0.974. The Morgan fingerprint density at radius 1 is 1.56 bits per heavy atom. The van der Waals surface area contributed by atoms with Crippen LogP contribution >= 0.6 is 0 Å². The highest BCUT2D eigenvalue weighted by Gasteiger charge is 2.25. The number of nitro benzene ring substituents is 1. The predicted octanol–water partition coefficient (Wildman–Crippen LogP) is 2.22. The molecule has 96 valence electrons. The van der Waals surface area contributed by atoms with Crippen LogP contribution < -0.4 is 0 Å². The first-order valence-electron chi connectivity index (χ1n) is 5.72. The number of rotatable bonds is 2. The van der Waals surface area contributed by atoms with E-state index in [4.69, 9.17) is 0 Å². The number of benzene rings is 1.